The summed E-state index contributed by atoms with van der Waals surface area (Å²) in [6.45, 7) is 3.87. The number of para-hydroxylation sites is 2. The van der Waals surface area contributed by atoms with E-state index in [0.29, 0.717) is 46.8 Å². The van der Waals surface area contributed by atoms with E-state index in [1.165, 1.54) is 6.21 Å². The Morgan fingerprint density at radius 3 is 2.40 bits per heavy atom. The SMILES string of the molecule is COc1cc2c(Nc3ccc(Oc4ccccc4OC)cc3)c(C=N)cnc2cc1OCCCN1CCC(CO)CC1. The summed E-state index contributed by atoms with van der Waals surface area (Å²) in [6, 6.07) is 18.9. The van der Waals surface area contributed by atoms with Crippen LogP contribution in [0.5, 0.6) is 28.7 Å². The van der Waals surface area contributed by atoms with Crippen molar-refractivity contribution in [3.05, 3.63) is 72.4 Å². The standard InChI is InChI=1S/C33H38N4O5/c1-39-29-6-3-4-7-30(29)42-26-10-8-25(9-11-26)36-33-24(20-34)21-35-28-19-32(31(40-2)18-27(28)33)41-17-5-14-37-15-12-23(22-38)13-16-37/h3-4,6-11,18-21,23,34,38H,5,12-17,22H2,1-2H3,(H,35,36). The van der Waals surface area contributed by atoms with E-state index >= 15 is 0 Å². The third-order valence-corrected chi connectivity index (χ3v) is 7.60. The molecule has 0 radical (unpaired) electrons. The Morgan fingerprint density at radius 2 is 1.71 bits per heavy atom. The lowest BCUT2D eigenvalue weighted by Crippen LogP contribution is -2.35. The summed E-state index contributed by atoms with van der Waals surface area (Å²) in [5.74, 6) is 3.67. The van der Waals surface area contributed by atoms with Gasteiger partial charge in [-0.1, -0.05) is 12.1 Å². The van der Waals surface area contributed by atoms with Crippen LogP contribution < -0.4 is 24.3 Å². The van der Waals surface area contributed by atoms with E-state index in [1.54, 1.807) is 20.4 Å². The Labute approximate surface area is 246 Å². The minimum atomic E-state index is 0.289. The van der Waals surface area contributed by atoms with E-state index in [-0.39, 0.29) is 6.61 Å². The average Bonchev–Trinajstić information content (AvgIpc) is 3.04. The first-order valence-electron chi connectivity index (χ1n) is 14.3. The van der Waals surface area contributed by atoms with Gasteiger partial charge in [0.25, 0.3) is 0 Å². The second kappa shape index (κ2) is 14.0. The molecule has 0 unspecified atom stereocenters. The molecule has 0 atom stereocenters. The lowest BCUT2D eigenvalue weighted by molar-refractivity contribution is 0.126. The molecule has 5 rings (SSSR count). The summed E-state index contributed by atoms with van der Waals surface area (Å²) in [5.41, 5.74) is 2.98. The first-order valence-corrected chi connectivity index (χ1v) is 14.3. The zero-order chi connectivity index (χ0) is 29.3. The first-order chi connectivity index (χ1) is 20.6. The maximum absolute atomic E-state index is 9.35. The fourth-order valence-electron chi connectivity index (χ4n) is 5.18. The van der Waals surface area contributed by atoms with Crippen molar-refractivity contribution in [2.75, 3.05) is 52.4 Å². The zero-order valence-electron chi connectivity index (χ0n) is 24.1. The summed E-state index contributed by atoms with van der Waals surface area (Å²) in [5, 5.41) is 21.6. The van der Waals surface area contributed by atoms with Crippen molar-refractivity contribution in [1.29, 1.82) is 5.41 Å². The molecule has 1 aliphatic rings. The molecule has 1 aromatic heterocycles. The van der Waals surface area contributed by atoms with Gasteiger partial charge in [-0.25, -0.2) is 0 Å². The number of nitrogens with zero attached hydrogens (tertiary/aromatic N) is 2. The lowest BCUT2D eigenvalue weighted by Gasteiger charge is -2.30. The molecule has 220 valence electrons. The highest BCUT2D eigenvalue weighted by atomic mass is 16.5. The van der Waals surface area contributed by atoms with Crippen LogP contribution in [0.15, 0.2) is 66.9 Å². The number of hydrogen-bond acceptors (Lipinski definition) is 9. The molecule has 1 fully saturated rings. The van der Waals surface area contributed by atoms with Crippen molar-refractivity contribution >= 4 is 28.5 Å². The molecule has 4 aromatic rings. The highest BCUT2D eigenvalue weighted by molar-refractivity contribution is 6.03. The fraction of sp³-hybridized carbons (Fsp3) is 0.333. The van der Waals surface area contributed by atoms with Gasteiger partial charge < -0.3 is 39.7 Å². The van der Waals surface area contributed by atoms with E-state index < -0.39 is 0 Å². The molecule has 1 aliphatic heterocycles. The Hall–Kier alpha value is -4.34. The van der Waals surface area contributed by atoms with Gasteiger partial charge in [-0.3, -0.25) is 4.98 Å². The molecule has 0 bridgehead atoms. The van der Waals surface area contributed by atoms with Crippen LogP contribution in [0.4, 0.5) is 11.4 Å². The smallest absolute Gasteiger partial charge is 0.169 e. The van der Waals surface area contributed by atoms with Gasteiger partial charge >= 0.3 is 0 Å². The van der Waals surface area contributed by atoms with Crippen molar-refractivity contribution < 1.29 is 24.1 Å². The second-order valence-corrected chi connectivity index (χ2v) is 10.3. The predicted molar refractivity (Wildman–Crippen MR) is 165 cm³/mol. The van der Waals surface area contributed by atoms with Crippen molar-refractivity contribution in [1.82, 2.24) is 9.88 Å². The minimum Gasteiger partial charge on any atom is -0.493 e. The number of benzene rings is 3. The number of nitrogens with one attached hydrogen (secondary N) is 2. The predicted octanol–water partition coefficient (Wildman–Crippen LogP) is 6.26. The Kier molecular flexibility index (Phi) is 9.74. The van der Waals surface area contributed by atoms with Gasteiger partial charge in [0, 0.05) is 48.3 Å². The number of piperidine rings is 1. The van der Waals surface area contributed by atoms with Gasteiger partial charge in [0.1, 0.15) is 5.75 Å². The van der Waals surface area contributed by atoms with Crippen molar-refractivity contribution in [2.24, 2.45) is 5.92 Å². The number of pyridine rings is 1. The molecule has 0 spiro atoms. The van der Waals surface area contributed by atoms with E-state index in [9.17, 15) is 5.11 Å². The van der Waals surface area contributed by atoms with E-state index in [1.807, 2.05) is 60.7 Å². The molecule has 0 amide bonds. The molecule has 9 nitrogen and oxygen atoms in total. The number of methoxy groups -OCH3 is 2. The molecule has 9 heteroatoms. The topological polar surface area (TPSA) is 109 Å². The molecule has 1 saturated heterocycles. The second-order valence-electron chi connectivity index (χ2n) is 10.3. The Morgan fingerprint density at radius 1 is 0.976 bits per heavy atom. The monoisotopic (exact) mass is 570 g/mol. The summed E-state index contributed by atoms with van der Waals surface area (Å²) in [7, 11) is 3.24. The van der Waals surface area contributed by atoms with Crippen LogP contribution in [0, 0.1) is 11.3 Å². The van der Waals surface area contributed by atoms with Crippen molar-refractivity contribution in [3.63, 3.8) is 0 Å². The summed E-state index contributed by atoms with van der Waals surface area (Å²) < 4.78 is 23.2. The quantitative estimate of drug-likeness (QED) is 0.128. The number of aliphatic hydroxyl groups is 1. The molecular weight excluding hydrogens is 532 g/mol. The Bertz CT molecular complexity index is 1490. The van der Waals surface area contributed by atoms with Gasteiger partial charge in [0.05, 0.1) is 32.0 Å². The first kappa shape index (κ1) is 29.2. The van der Waals surface area contributed by atoms with E-state index in [0.717, 1.165) is 61.2 Å². The molecule has 0 saturated carbocycles. The third kappa shape index (κ3) is 6.92. The molecular formula is C33H38N4O5. The average molecular weight is 571 g/mol. The van der Waals surface area contributed by atoms with Crippen LogP contribution in [0.1, 0.15) is 24.8 Å². The van der Waals surface area contributed by atoms with Crippen molar-refractivity contribution in [2.45, 2.75) is 19.3 Å². The van der Waals surface area contributed by atoms with Crippen molar-refractivity contribution in [3.8, 4) is 28.7 Å². The van der Waals surface area contributed by atoms with Gasteiger partial charge in [0.2, 0.25) is 0 Å². The highest BCUT2D eigenvalue weighted by Gasteiger charge is 2.18. The lowest BCUT2D eigenvalue weighted by atomic mass is 9.98. The van der Waals surface area contributed by atoms with Crippen LogP contribution in [-0.4, -0.2) is 68.3 Å². The number of rotatable bonds is 13. The van der Waals surface area contributed by atoms with Crippen LogP contribution >= 0.6 is 0 Å². The zero-order valence-corrected chi connectivity index (χ0v) is 24.1. The molecule has 3 N–H and O–H groups in total. The van der Waals surface area contributed by atoms with Crippen LogP contribution in [-0.2, 0) is 0 Å². The minimum absolute atomic E-state index is 0.289. The van der Waals surface area contributed by atoms with Gasteiger partial charge in [-0.2, -0.15) is 0 Å². The van der Waals surface area contributed by atoms with E-state index in [4.69, 9.17) is 24.4 Å². The third-order valence-electron chi connectivity index (χ3n) is 7.60. The van der Waals surface area contributed by atoms with E-state index in [2.05, 4.69) is 15.2 Å². The van der Waals surface area contributed by atoms with Gasteiger partial charge in [-0.15, -0.1) is 0 Å². The molecule has 3 aromatic carbocycles. The number of hydrogen-bond donors (Lipinski definition) is 3. The van der Waals surface area contributed by atoms with Crippen LogP contribution in [0.25, 0.3) is 10.9 Å². The normalized spacial score (nSPS) is 14.0. The largest absolute Gasteiger partial charge is 0.493 e. The van der Waals surface area contributed by atoms with Gasteiger partial charge in [-0.05, 0) is 80.7 Å². The number of aromatic nitrogens is 1. The highest BCUT2D eigenvalue weighted by Crippen LogP contribution is 2.38. The maximum atomic E-state index is 9.35. The molecule has 2 heterocycles. The number of anilines is 2. The summed E-state index contributed by atoms with van der Waals surface area (Å²) in [6.07, 6.45) is 5.97. The van der Waals surface area contributed by atoms with Crippen LogP contribution in [0.3, 0.4) is 0 Å². The number of fused-ring (bicyclic) bond motifs is 1. The maximum Gasteiger partial charge on any atom is 0.169 e. The summed E-state index contributed by atoms with van der Waals surface area (Å²) in [4.78, 5) is 7.03. The molecule has 42 heavy (non-hydrogen) atoms. The Balaban J connectivity index is 1.28. The van der Waals surface area contributed by atoms with Gasteiger partial charge in [0.15, 0.2) is 23.0 Å². The molecule has 0 aliphatic carbocycles. The number of aliphatic hydroxyl groups excluding tert-OH is 1. The van der Waals surface area contributed by atoms with Crippen LogP contribution in [0.2, 0.25) is 0 Å². The summed E-state index contributed by atoms with van der Waals surface area (Å²) >= 11 is 0. The number of likely N-dealkylation sites (tertiary alicyclic amines) is 1. The fourth-order valence-corrected chi connectivity index (χ4v) is 5.18. The number of ether oxygens (including phenoxy) is 4.